The lowest BCUT2D eigenvalue weighted by Crippen LogP contribution is -2.21. The maximum absolute atomic E-state index is 10.2. The van der Waals surface area contributed by atoms with Crippen LogP contribution in [0.5, 0.6) is 11.5 Å². The maximum atomic E-state index is 10.2. The van der Waals surface area contributed by atoms with E-state index in [0.717, 1.165) is 28.1 Å². The molecule has 2 heterocycles. The molecule has 0 saturated carbocycles. The molecular weight excluding hydrogens is 308 g/mol. The Morgan fingerprint density at radius 1 is 1.17 bits per heavy atom. The van der Waals surface area contributed by atoms with Gasteiger partial charge >= 0.3 is 0 Å². The number of benzene rings is 2. The third-order valence-electron chi connectivity index (χ3n) is 3.95. The highest BCUT2D eigenvalue weighted by Crippen LogP contribution is 2.32. The van der Waals surface area contributed by atoms with E-state index in [1.165, 1.54) is 0 Å². The van der Waals surface area contributed by atoms with Crippen molar-refractivity contribution in [3.05, 3.63) is 54.4 Å². The van der Waals surface area contributed by atoms with Crippen LogP contribution in [0.1, 0.15) is 5.56 Å². The molecule has 6 heteroatoms. The third kappa shape index (κ3) is 3.06. The SMILES string of the molecule is O[C@@H](COCc1ccc2c(c1)OCO2)Cn1cnc2ccccc21. The smallest absolute Gasteiger partial charge is 0.231 e. The first-order chi connectivity index (χ1) is 11.8. The maximum Gasteiger partial charge on any atom is 0.231 e. The Kier molecular flexibility index (Phi) is 4.06. The number of para-hydroxylation sites is 2. The average Bonchev–Trinajstić information content (AvgIpc) is 3.22. The topological polar surface area (TPSA) is 65.7 Å². The van der Waals surface area contributed by atoms with Crippen LogP contribution in [0.3, 0.4) is 0 Å². The lowest BCUT2D eigenvalue weighted by atomic mass is 10.2. The molecule has 0 aliphatic carbocycles. The van der Waals surface area contributed by atoms with Crippen LogP contribution in [0.15, 0.2) is 48.8 Å². The van der Waals surface area contributed by atoms with E-state index < -0.39 is 6.10 Å². The lowest BCUT2D eigenvalue weighted by Gasteiger charge is -2.13. The highest BCUT2D eigenvalue weighted by atomic mass is 16.7. The first-order valence-electron chi connectivity index (χ1n) is 7.84. The van der Waals surface area contributed by atoms with Gasteiger partial charge in [0, 0.05) is 0 Å². The van der Waals surface area contributed by atoms with Gasteiger partial charge in [0.25, 0.3) is 0 Å². The molecule has 1 aromatic heterocycles. The van der Waals surface area contributed by atoms with E-state index in [9.17, 15) is 5.11 Å². The second-order valence-electron chi connectivity index (χ2n) is 5.74. The van der Waals surface area contributed by atoms with Gasteiger partial charge in [-0.25, -0.2) is 4.98 Å². The van der Waals surface area contributed by atoms with E-state index in [4.69, 9.17) is 14.2 Å². The number of imidazole rings is 1. The van der Waals surface area contributed by atoms with Crippen molar-refractivity contribution in [2.45, 2.75) is 19.3 Å². The van der Waals surface area contributed by atoms with Crippen molar-refractivity contribution in [2.24, 2.45) is 0 Å². The Morgan fingerprint density at radius 2 is 2.04 bits per heavy atom. The van der Waals surface area contributed by atoms with E-state index in [-0.39, 0.29) is 13.4 Å². The van der Waals surface area contributed by atoms with Crippen LogP contribution in [-0.2, 0) is 17.9 Å². The zero-order valence-electron chi connectivity index (χ0n) is 13.1. The molecular formula is C18H18N2O4. The molecule has 4 rings (SSSR count). The van der Waals surface area contributed by atoms with Crippen molar-refractivity contribution in [2.75, 3.05) is 13.4 Å². The van der Waals surface area contributed by atoms with Crippen molar-refractivity contribution in [3.63, 3.8) is 0 Å². The molecule has 124 valence electrons. The number of hydrogen-bond acceptors (Lipinski definition) is 5. The molecule has 1 N–H and O–H groups in total. The summed E-state index contributed by atoms with van der Waals surface area (Å²) < 4.78 is 18.2. The molecule has 0 amide bonds. The highest BCUT2D eigenvalue weighted by Gasteiger charge is 2.14. The number of fused-ring (bicyclic) bond motifs is 2. The Morgan fingerprint density at radius 3 is 3.00 bits per heavy atom. The third-order valence-corrected chi connectivity index (χ3v) is 3.95. The summed E-state index contributed by atoms with van der Waals surface area (Å²) in [6.45, 7) is 1.37. The summed E-state index contributed by atoms with van der Waals surface area (Å²) in [6, 6.07) is 13.6. The van der Waals surface area contributed by atoms with Gasteiger partial charge in [-0.05, 0) is 29.8 Å². The molecule has 0 bridgehead atoms. The fraction of sp³-hybridized carbons (Fsp3) is 0.278. The van der Waals surface area contributed by atoms with Crippen molar-refractivity contribution < 1.29 is 19.3 Å². The fourth-order valence-corrected chi connectivity index (χ4v) is 2.78. The van der Waals surface area contributed by atoms with Gasteiger partial charge in [0.15, 0.2) is 11.5 Å². The summed E-state index contributed by atoms with van der Waals surface area (Å²) in [7, 11) is 0. The fourth-order valence-electron chi connectivity index (χ4n) is 2.78. The van der Waals surface area contributed by atoms with Crippen molar-refractivity contribution in [3.8, 4) is 11.5 Å². The number of rotatable bonds is 6. The van der Waals surface area contributed by atoms with Crippen LogP contribution in [-0.4, -0.2) is 34.2 Å². The summed E-state index contributed by atoms with van der Waals surface area (Å²) >= 11 is 0. The molecule has 0 unspecified atom stereocenters. The molecule has 0 fully saturated rings. The van der Waals surface area contributed by atoms with Crippen LogP contribution in [0.25, 0.3) is 11.0 Å². The van der Waals surface area contributed by atoms with Crippen LogP contribution in [0.4, 0.5) is 0 Å². The van der Waals surface area contributed by atoms with E-state index in [0.29, 0.717) is 13.2 Å². The van der Waals surface area contributed by atoms with Crippen molar-refractivity contribution >= 4 is 11.0 Å². The molecule has 0 spiro atoms. The monoisotopic (exact) mass is 326 g/mol. The number of aromatic nitrogens is 2. The van der Waals surface area contributed by atoms with E-state index >= 15 is 0 Å². The molecule has 0 radical (unpaired) electrons. The molecule has 0 saturated heterocycles. The number of nitrogens with zero attached hydrogens (tertiary/aromatic N) is 2. The van der Waals surface area contributed by atoms with E-state index in [1.807, 2.05) is 47.0 Å². The summed E-state index contributed by atoms with van der Waals surface area (Å²) in [6.07, 6.45) is 1.14. The van der Waals surface area contributed by atoms with Crippen LogP contribution >= 0.6 is 0 Å². The molecule has 1 atom stereocenters. The first-order valence-corrected chi connectivity index (χ1v) is 7.84. The van der Waals surface area contributed by atoms with Crippen LogP contribution < -0.4 is 9.47 Å². The minimum atomic E-state index is -0.600. The number of aliphatic hydroxyl groups excluding tert-OH is 1. The molecule has 3 aromatic rings. The molecule has 1 aliphatic heterocycles. The largest absolute Gasteiger partial charge is 0.454 e. The standard InChI is InChI=1S/C18H18N2O4/c21-14(8-20-11-19-15-3-1-2-4-16(15)20)10-22-9-13-5-6-17-18(7-13)24-12-23-17/h1-7,11,14,21H,8-10,12H2/t14-/m1/s1. The molecule has 6 nitrogen and oxygen atoms in total. The number of aliphatic hydroxyl groups is 1. The number of ether oxygens (including phenoxy) is 3. The average molecular weight is 326 g/mol. The van der Waals surface area contributed by atoms with Gasteiger partial charge in [-0.1, -0.05) is 18.2 Å². The van der Waals surface area contributed by atoms with Gasteiger partial charge in [-0.3, -0.25) is 0 Å². The quantitative estimate of drug-likeness (QED) is 0.753. The molecule has 2 aromatic carbocycles. The van der Waals surface area contributed by atoms with E-state index in [2.05, 4.69) is 4.98 Å². The second-order valence-corrected chi connectivity index (χ2v) is 5.74. The summed E-state index contributed by atoms with van der Waals surface area (Å²) in [5.74, 6) is 1.49. The minimum absolute atomic E-state index is 0.251. The van der Waals surface area contributed by atoms with Crippen molar-refractivity contribution in [1.29, 1.82) is 0 Å². The molecule has 1 aliphatic rings. The number of hydrogen-bond donors (Lipinski definition) is 1. The zero-order valence-corrected chi connectivity index (χ0v) is 13.1. The van der Waals surface area contributed by atoms with Gasteiger partial charge in [0.1, 0.15) is 0 Å². The van der Waals surface area contributed by atoms with Gasteiger partial charge < -0.3 is 23.9 Å². The zero-order chi connectivity index (χ0) is 16.4. The Labute approximate surface area is 139 Å². The lowest BCUT2D eigenvalue weighted by molar-refractivity contribution is 0.0208. The predicted octanol–water partition coefficient (Wildman–Crippen LogP) is 2.34. The van der Waals surface area contributed by atoms with E-state index in [1.54, 1.807) is 6.33 Å². The van der Waals surface area contributed by atoms with Gasteiger partial charge in [-0.2, -0.15) is 0 Å². The summed E-state index contributed by atoms with van der Waals surface area (Å²) in [5.41, 5.74) is 2.91. The predicted molar refractivity (Wildman–Crippen MR) is 88.0 cm³/mol. The second kappa shape index (κ2) is 6.51. The summed E-state index contributed by atoms with van der Waals surface area (Å²) in [5, 5.41) is 10.2. The Balaban J connectivity index is 1.31. The normalized spacial score (nSPS) is 14.2. The van der Waals surface area contributed by atoms with Gasteiger partial charge in [0.05, 0.1) is 43.2 Å². The van der Waals surface area contributed by atoms with Gasteiger partial charge in [-0.15, -0.1) is 0 Å². The Hall–Kier alpha value is -2.57. The summed E-state index contributed by atoms with van der Waals surface area (Å²) in [4.78, 5) is 4.32. The minimum Gasteiger partial charge on any atom is -0.454 e. The first kappa shape index (κ1) is 15.0. The van der Waals surface area contributed by atoms with Gasteiger partial charge in [0.2, 0.25) is 6.79 Å². The highest BCUT2D eigenvalue weighted by molar-refractivity contribution is 5.74. The van der Waals surface area contributed by atoms with Crippen molar-refractivity contribution in [1.82, 2.24) is 9.55 Å². The Bertz CT molecular complexity index is 846. The van der Waals surface area contributed by atoms with Crippen LogP contribution in [0.2, 0.25) is 0 Å². The molecule has 24 heavy (non-hydrogen) atoms. The van der Waals surface area contributed by atoms with Crippen LogP contribution in [0, 0.1) is 0 Å².